The maximum absolute atomic E-state index is 13.2. The molecule has 3 N–H and O–H groups in total. The maximum atomic E-state index is 13.2. The van der Waals surface area contributed by atoms with E-state index >= 15 is 0 Å². The van der Waals surface area contributed by atoms with Crippen LogP contribution in [-0.4, -0.2) is 70.6 Å². The molecule has 0 spiro atoms. The van der Waals surface area contributed by atoms with Crippen LogP contribution in [0.5, 0.6) is 0 Å². The summed E-state index contributed by atoms with van der Waals surface area (Å²) in [5, 5.41) is 19.4. The largest absolute Gasteiger partial charge is 0.483 e. The second-order valence-corrected chi connectivity index (χ2v) is 7.62. The minimum Gasteiger partial charge on any atom is -0.483 e. The van der Waals surface area contributed by atoms with Gasteiger partial charge in [-0.05, 0) is 38.2 Å². The Labute approximate surface area is 175 Å². The minimum atomic E-state index is -0.972. The molecular formula is C23H27N3O4. The van der Waals surface area contributed by atoms with Crippen molar-refractivity contribution in [2.75, 3.05) is 27.2 Å². The molecule has 2 aromatic carbocycles. The van der Waals surface area contributed by atoms with E-state index in [-0.39, 0.29) is 18.4 Å². The van der Waals surface area contributed by atoms with Crippen LogP contribution in [0.2, 0.25) is 0 Å². The number of nitrogens with zero attached hydrogens (tertiary/aromatic N) is 2. The molecule has 1 aromatic heterocycles. The van der Waals surface area contributed by atoms with Gasteiger partial charge in [-0.1, -0.05) is 42.5 Å². The Balaban J connectivity index is 0.000000806. The van der Waals surface area contributed by atoms with Crippen molar-refractivity contribution in [3.05, 3.63) is 71.9 Å². The summed E-state index contributed by atoms with van der Waals surface area (Å²) in [5.41, 5.74) is 1.48. The van der Waals surface area contributed by atoms with Gasteiger partial charge in [0, 0.05) is 24.7 Å². The molecule has 1 amide bonds. The fraction of sp³-hybridized carbons (Fsp3) is 0.304. The maximum Gasteiger partial charge on any atom is 0.290 e. The zero-order valence-electron chi connectivity index (χ0n) is 17.2. The third-order valence-electron chi connectivity index (χ3n) is 5.71. The number of amides is 1. The van der Waals surface area contributed by atoms with Crippen molar-refractivity contribution in [3.8, 4) is 0 Å². The summed E-state index contributed by atoms with van der Waals surface area (Å²) in [6, 6.07) is 17.3. The predicted molar refractivity (Wildman–Crippen MR) is 115 cm³/mol. The second-order valence-electron chi connectivity index (χ2n) is 7.62. The lowest BCUT2D eigenvalue weighted by atomic mass is 9.79. The number of piperidine rings is 1. The normalized spacial score (nSPS) is 21.2. The van der Waals surface area contributed by atoms with Crippen molar-refractivity contribution < 1.29 is 19.8 Å². The number of aliphatic hydroxyl groups is 1. The molecule has 2 atom stereocenters. The van der Waals surface area contributed by atoms with Crippen LogP contribution in [-0.2, 0) is 10.4 Å². The molecule has 158 valence electrons. The van der Waals surface area contributed by atoms with Crippen LogP contribution >= 0.6 is 0 Å². The summed E-state index contributed by atoms with van der Waals surface area (Å²) in [6.07, 6.45) is 2.36. The first-order valence-corrected chi connectivity index (χ1v) is 9.80. The summed E-state index contributed by atoms with van der Waals surface area (Å²) in [4.78, 5) is 28.6. The van der Waals surface area contributed by atoms with Crippen molar-refractivity contribution in [2.24, 2.45) is 0 Å². The highest BCUT2D eigenvalue weighted by Crippen LogP contribution is 2.36. The smallest absolute Gasteiger partial charge is 0.290 e. The molecule has 0 aliphatic carbocycles. The molecule has 0 unspecified atom stereocenters. The number of carbonyl (C=O) groups is 2. The molecule has 0 radical (unpaired) electrons. The zero-order valence-corrected chi connectivity index (χ0v) is 17.2. The Morgan fingerprint density at radius 3 is 2.53 bits per heavy atom. The van der Waals surface area contributed by atoms with Crippen LogP contribution in [0.4, 0.5) is 0 Å². The molecule has 1 saturated heterocycles. The van der Waals surface area contributed by atoms with Gasteiger partial charge in [0.1, 0.15) is 5.60 Å². The Morgan fingerprint density at radius 1 is 1.17 bits per heavy atom. The van der Waals surface area contributed by atoms with Crippen LogP contribution in [0.25, 0.3) is 10.9 Å². The fourth-order valence-electron chi connectivity index (χ4n) is 4.19. The average molecular weight is 409 g/mol. The molecule has 1 aliphatic heterocycles. The number of aromatic nitrogens is 1. The number of rotatable bonds is 3. The summed E-state index contributed by atoms with van der Waals surface area (Å²) >= 11 is 0. The number of hydrogen-bond donors (Lipinski definition) is 3. The highest BCUT2D eigenvalue weighted by molar-refractivity contribution is 6.05. The van der Waals surface area contributed by atoms with E-state index in [9.17, 15) is 9.90 Å². The van der Waals surface area contributed by atoms with Gasteiger partial charge < -0.3 is 25.0 Å². The Hall–Kier alpha value is -3.16. The molecule has 0 saturated carbocycles. The number of H-pyrrole nitrogens is 1. The Morgan fingerprint density at radius 2 is 1.87 bits per heavy atom. The lowest BCUT2D eigenvalue weighted by molar-refractivity contribution is -0.122. The monoisotopic (exact) mass is 409 g/mol. The number of aromatic amines is 1. The van der Waals surface area contributed by atoms with Crippen LogP contribution in [0.3, 0.4) is 0 Å². The number of hydrogen-bond acceptors (Lipinski definition) is 4. The number of likely N-dealkylation sites (N-methyl/N-ethyl adjacent to an activating group) is 1. The van der Waals surface area contributed by atoms with E-state index in [4.69, 9.17) is 9.90 Å². The van der Waals surface area contributed by atoms with E-state index in [1.165, 1.54) is 0 Å². The van der Waals surface area contributed by atoms with Crippen LogP contribution in [0.1, 0.15) is 22.3 Å². The standard InChI is InChI=1S/C22H25N3O2.CH2O2/c1-24(2)19-15-25(14-12-22(19,27)17-8-4-3-5-9-17)21(26)18-10-6-7-16-11-13-23-20(16)18;2-1-3/h3-11,13,19,23,27H,12,14-15H2,1-2H3;1H,(H,2,3)/t19-,22+;/m1./s1. The van der Waals surface area contributed by atoms with Gasteiger partial charge in [-0.15, -0.1) is 0 Å². The number of nitrogens with one attached hydrogen (secondary N) is 1. The van der Waals surface area contributed by atoms with Crippen molar-refractivity contribution in [1.29, 1.82) is 0 Å². The van der Waals surface area contributed by atoms with Gasteiger partial charge in [0.05, 0.1) is 17.1 Å². The number of carboxylic acid groups (broad SMARTS) is 1. The molecule has 0 bridgehead atoms. The highest BCUT2D eigenvalue weighted by atomic mass is 16.3. The third kappa shape index (κ3) is 4.08. The Bertz CT molecular complexity index is 1000. The van der Waals surface area contributed by atoms with Gasteiger partial charge in [-0.2, -0.15) is 0 Å². The number of benzene rings is 2. The second kappa shape index (κ2) is 9.11. The van der Waals surface area contributed by atoms with Gasteiger partial charge in [-0.25, -0.2) is 0 Å². The lowest BCUT2D eigenvalue weighted by Crippen LogP contribution is -2.60. The summed E-state index contributed by atoms with van der Waals surface area (Å²) in [5.74, 6) is 0.00464. The number of likely N-dealkylation sites (tertiary alicyclic amines) is 1. The van der Waals surface area contributed by atoms with Crippen molar-refractivity contribution in [3.63, 3.8) is 0 Å². The first-order chi connectivity index (χ1) is 14.4. The quantitative estimate of drug-likeness (QED) is 0.578. The van der Waals surface area contributed by atoms with Crippen molar-refractivity contribution in [2.45, 2.75) is 18.1 Å². The molecule has 3 aromatic rings. The Kier molecular flexibility index (Phi) is 6.54. The topological polar surface area (TPSA) is 96.9 Å². The molecule has 1 fully saturated rings. The number of para-hydroxylation sites is 1. The van der Waals surface area contributed by atoms with Gasteiger partial charge >= 0.3 is 0 Å². The summed E-state index contributed by atoms with van der Waals surface area (Å²) in [6.45, 7) is 0.750. The molecule has 1 aliphatic rings. The summed E-state index contributed by atoms with van der Waals surface area (Å²) < 4.78 is 0. The van der Waals surface area contributed by atoms with Gasteiger partial charge in [0.25, 0.3) is 12.4 Å². The van der Waals surface area contributed by atoms with Crippen molar-refractivity contribution >= 4 is 23.3 Å². The lowest BCUT2D eigenvalue weighted by Gasteiger charge is -2.47. The third-order valence-corrected chi connectivity index (χ3v) is 5.71. The molecular weight excluding hydrogens is 382 g/mol. The van der Waals surface area contributed by atoms with Gasteiger partial charge in [0.2, 0.25) is 0 Å². The first kappa shape index (κ1) is 21.5. The predicted octanol–water partition coefficient (Wildman–Crippen LogP) is 2.53. The van der Waals surface area contributed by atoms with Gasteiger partial charge in [0.15, 0.2) is 0 Å². The molecule has 30 heavy (non-hydrogen) atoms. The molecule has 7 nitrogen and oxygen atoms in total. The number of fused-ring (bicyclic) bond motifs is 1. The highest BCUT2D eigenvalue weighted by Gasteiger charge is 2.45. The van der Waals surface area contributed by atoms with Gasteiger partial charge in [-0.3, -0.25) is 9.59 Å². The molecule has 7 heteroatoms. The van der Waals surface area contributed by atoms with E-state index < -0.39 is 5.60 Å². The first-order valence-electron chi connectivity index (χ1n) is 9.80. The molecule has 4 rings (SSSR count). The van der Waals surface area contributed by atoms with E-state index in [0.29, 0.717) is 25.1 Å². The van der Waals surface area contributed by atoms with E-state index in [0.717, 1.165) is 16.5 Å². The van der Waals surface area contributed by atoms with Crippen molar-refractivity contribution in [1.82, 2.24) is 14.8 Å². The van der Waals surface area contributed by atoms with E-state index in [1.807, 2.05) is 84.7 Å². The fourth-order valence-corrected chi connectivity index (χ4v) is 4.19. The minimum absolute atomic E-state index is 0.00464. The van der Waals surface area contributed by atoms with Crippen LogP contribution in [0, 0.1) is 0 Å². The SMILES string of the molecule is CN(C)[C@@H]1CN(C(=O)c2cccc3cc[nH]c23)CC[C@]1(O)c1ccccc1.O=CO. The van der Waals surface area contributed by atoms with E-state index in [1.54, 1.807) is 0 Å². The zero-order chi connectivity index (χ0) is 21.7. The van der Waals surface area contributed by atoms with Crippen LogP contribution < -0.4 is 0 Å². The number of carbonyl (C=O) groups excluding carboxylic acids is 1. The van der Waals surface area contributed by atoms with Crippen LogP contribution in [0.15, 0.2) is 60.8 Å². The molecule has 2 heterocycles. The average Bonchev–Trinajstić information content (AvgIpc) is 3.23. The summed E-state index contributed by atoms with van der Waals surface area (Å²) in [7, 11) is 3.91. The van der Waals surface area contributed by atoms with E-state index in [2.05, 4.69) is 4.98 Å².